The van der Waals surface area contributed by atoms with Gasteiger partial charge in [0.15, 0.2) is 0 Å². The van der Waals surface area contributed by atoms with Gasteiger partial charge in [-0.2, -0.15) is 0 Å². The Labute approximate surface area is 55.8 Å². The molecule has 54 valence electrons. The van der Waals surface area contributed by atoms with Gasteiger partial charge in [-0.15, -0.1) is 0 Å². The molecule has 0 aromatic heterocycles. The van der Waals surface area contributed by atoms with Crippen LogP contribution in [0.4, 0.5) is 0 Å². The van der Waals surface area contributed by atoms with E-state index in [-0.39, 0.29) is 6.10 Å². The third kappa shape index (κ3) is 1.95. The molecule has 0 aromatic carbocycles. The molecule has 9 heavy (non-hydrogen) atoms. The van der Waals surface area contributed by atoms with E-state index in [2.05, 4.69) is 0 Å². The Balaban J connectivity index is 2.41. The van der Waals surface area contributed by atoms with Crippen LogP contribution < -0.4 is 0 Å². The summed E-state index contributed by atoms with van der Waals surface area (Å²) in [4.78, 5) is 0. The Bertz CT molecular complexity index is 99.1. The Morgan fingerprint density at radius 3 is 2.67 bits per heavy atom. The first-order valence-corrected chi connectivity index (χ1v) is 3.44. The topological polar surface area (TPSA) is 29.5 Å². The van der Waals surface area contributed by atoms with E-state index in [9.17, 15) is 5.11 Å². The number of ether oxygens (including phenoxy) is 1. The molecule has 1 unspecified atom stereocenters. The van der Waals surface area contributed by atoms with Gasteiger partial charge in [-0.1, -0.05) is 0 Å². The zero-order valence-corrected chi connectivity index (χ0v) is 6.05. The van der Waals surface area contributed by atoms with Crippen molar-refractivity contribution in [2.45, 2.75) is 38.4 Å². The Hall–Kier alpha value is -0.0800. The molecule has 0 aliphatic carbocycles. The van der Waals surface area contributed by atoms with Crippen molar-refractivity contribution in [2.24, 2.45) is 0 Å². The van der Waals surface area contributed by atoms with Crippen LogP contribution in [0.15, 0.2) is 0 Å². The second-order valence-corrected chi connectivity index (χ2v) is 3.13. The van der Waals surface area contributed by atoms with Gasteiger partial charge in [0, 0.05) is 13.0 Å². The molecule has 1 saturated heterocycles. The smallest absolute Gasteiger partial charge is 0.0666 e. The minimum absolute atomic E-state index is 0.230. The molecule has 1 aliphatic heterocycles. The van der Waals surface area contributed by atoms with Gasteiger partial charge in [0.05, 0.1) is 11.7 Å². The van der Waals surface area contributed by atoms with Crippen molar-refractivity contribution in [3.8, 4) is 0 Å². The summed E-state index contributed by atoms with van der Waals surface area (Å²) in [6.07, 6.45) is 1.78. The molecule has 0 radical (unpaired) electrons. The highest BCUT2D eigenvalue weighted by molar-refractivity contribution is 4.78. The van der Waals surface area contributed by atoms with Gasteiger partial charge in [-0.25, -0.2) is 0 Å². The maximum absolute atomic E-state index is 9.46. The molecule has 1 heterocycles. The lowest BCUT2D eigenvalue weighted by atomic mass is 9.93. The summed E-state index contributed by atoms with van der Waals surface area (Å²) in [5, 5.41) is 9.46. The molecule has 1 fully saturated rings. The van der Waals surface area contributed by atoms with Crippen LogP contribution in [-0.2, 0) is 4.74 Å². The highest BCUT2D eigenvalue weighted by Gasteiger charge is 2.27. The van der Waals surface area contributed by atoms with E-state index in [1.165, 1.54) is 0 Å². The monoisotopic (exact) mass is 130 g/mol. The van der Waals surface area contributed by atoms with Crippen molar-refractivity contribution in [2.75, 3.05) is 6.61 Å². The molecular weight excluding hydrogens is 116 g/mol. The van der Waals surface area contributed by atoms with Crippen molar-refractivity contribution < 1.29 is 9.84 Å². The van der Waals surface area contributed by atoms with Crippen LogP contribution in [0.2, 0.25) is 0 Å². The predicted octanol–water partition coefficient (Wildman–Crippen LogP) is 0.936. The zero-order valence-electron chi connectivity index (χ0n) is 6.05. The molecule has 0 spiro atoms. The van der Waals surface area contributed by atoms with Gasteiger partial charge in [0.25, 0.3) is 0 Å². The fourth-order valence-electron chi connectivity index (χ4n) is 1.26. The van der Waals surface area contributed by atoms with Gasteiger partial charge in [0.2, 0.25) is 0 Å². The lowest BCUT2D eigenvalue weighted by Crippen LogP contribution is -2.36. The van der Waals surface area contributed by atoms with Crippen LogP contribution in [0, 0.1) is 0 Å². The molecule has 0 saturated carbocycles. The Morgan fingerprint density at radius 1 is 1.67 bits per heavy atom. The van der Waals surface area contributed by atoms with Crippen molar-refractivity contribution >= 4 is 0 Å². The average Bonchev–Trinajstić information content (AvgIpc) is 1.60. The zero-order chi connectivity index (χ0) is 6.91. The largest absolute Gasteiger partial charge is 0.390 e. The highest BCUT2D eigenvalue weighted by Crippen LogP contribution is 2.23. The fraction of sp³-hybridized carbons (Fsp3) is 1.00. The van der Waals surface area contributed by atoms with Crippen molar-refractivity contribution in [3.63, 3.8) is 0 Å². The van der Waals surface area contributed by atoms with E-state index in [4.69, 9.17) is 4.74 Å². The number of rotatable bonds is 0. The predicted molar refractivity (Wildman–Crippen MR) is 35.3 cm³/mol. The summed E-state index contributed by atoms with van der Waals surface area (Å²) in [7, 11) is 0. The molecule has 0 aromatic rings. The van der Waals surface area contributed by atoms with Gasteiger partial charge in [-0.05, 0) is 20.3 Å². The number of hydrogen-bond acceptors (Lipinski definition) is 2. The molecular formula is C7H14O2. The molecule has 2 atom stereocenters. The summed E-state index contributed by atoms with van der Waals surface area (Å²) in [6.45, 7) is 4.56. The van der Waals surface area contributed by atoms with Crippen LogP contribution in [0.25, 0.3) is 0 Å². The van der Waals surface area contributed by atoms with E-state index < -0.39 is 5.60 Å². The second kappa shape index (κ2) is 2.27. The number of aliphatic hydroxyl groups is 1. The van der Waals surface area contributed by atoms with Crippen molar-refractivity contribution in [1.82, 2.24) is 0 Å². The van der Waals surface area contributed by atoms with Crippen LogP contribution in [0.3, 0.4) is 0 Å². The molecule has 1 aliphatic rings. The highest BCUT2D eigenvalue weighted by atomic mass is 16.5. The van der Waals surface area contributed by atoms with Crippen LogP contribution in [-0.4, -0.2) is 23.4 Å². The first-order chi connectivity index (χ1) is 4.10. The van der Waals surface area contributed by atoms with Crippen LogP contribution >= 0.6 is 0 Å². The maximum atomic E-state index is 9.46. The van der Waals surface area contributed by atoms with Crippen LogP contribution in [0.5, 0.6) is 0 Å². The van der Waals surface area contributed by atoms with Gasteiger partial charge in [-0.3, -0.25) is 0 Å². The summed E-state index contributed by atoms with van der Waals surface area (Å²) >= 11 is 0. The minimum Gasteiger partial charge on any atom is -0.390 e. The Morgan fingerprint density at radius 2 is 2.33 bits per heavy atom. The first kappa shape index (κ1) is 7.03. The summed E-state index contributed by atoms with van der Waals surface area (Å²) in [5.74, 6) is 0. The van der Waals surface area contributed by atoms with Gasteiger partial charge < -0.3 is 9.84 Å². The normalized spacial score (nSPS) is 45.0. The van der Waals surface area contributed by atoms with Gasteiger partial charge in [0.1, 0.15) is 0 Å². The molecule has 0 bridgehead atoms. The lowest BCUT2D eigenvalue weighted by Gasteiger charge is -2.32. The van der Waals surface area contributed by atoms with E-state index >= 15 is 0 Å². The lowest BCUT2D eigenvalue weighted by molar-refractivity contribution is -0.0865. The molecule has 1 N–H and O–H groups in total. The summed E-state index contributed by atoms with van der Waals surface area (Å²) in [5.41, 5.74) is -0.475. The van der Waals surface area contributed by atoms with Crippen LogP contribution in [0.1, 0.15) is 26.7 Å². The van der Waals surface area contributed by atoms with E-state index in [0.717, 1.165) is 12.8 Å². The number of hydrogen-bond donors (Lipinski definition) is 1. The maximum Gasteiger partial charge on any atom is 0.0666 e. The molecule has 2 nitrogen and oxygen atoms in total. The van der Waals surface area contributed by atoms with E-state index in [1.54, 1.807) is 0 Å². The van der Waals surface area contributed by atoms with Gasteiger partial charge >= 0.3 is 0 Å². The molecule has 1 rings (SSSR count). The van der Waals surface area contributed by atoms with E-state index in [1.807, 2.05) is 13.8 Å². The quantitative estimate of drug-likeness (QED) is 0.528. The van der Waals surface area contributed by atoms with E-state index in [0.29, 0.717) is 6.61 Å². The summed E-state index contributed by atoms with van der Waals surface area (Å²) < 4.78 is 5.25. The third-order valence-corrected chi connectivity index (χ3v) is 1.77. The molecule has 0 amide bonds. The molecule has 2 heteroatoms. The SMILES string of the molecule is CC1C[C@](C)(O)CCO1. The second-order valence-electron chi connectivity index (χ2n) is 3.13. The minimum atomic E-state index is -0.475. The fourth-order valence-corrected chi connectivity index (χ4v) is 1.26. The van der Waals surface area contributed by atoms with Crippen molar-refractivity contribution in [1.29, 1.82) is 0 Å². The first-order valence-electron chi connectivity index (χ1n) is 3.44. The Kier molecular flexibility index (Phi) is 1.78. The summed E-state index contributed by atoms with van der Waals surface area (Å²) in [6, 6.07) is 0. The standard InChI is InChI=1S/C7H14O2/c1-6-5-7(2,8)3-4-9-6/h6,8H,3-5H2,1-2H3/t6?,7-/m1/s1. The average molecular weight is 130 g/mol. The third-order valence-electron chi connectivity index (χ3n) is 1.77. The van der Waals surface area contributed by atoms with Crippen molar-refractivity contribution in [3.05, 3.63) is 0 Å².